The van der Waals surface area contributed by atoms with Gasteiger partial charge in [-0.3, -0.25) is 11.3 Å². The van der Waals surface area contributed by atoms with Gasteiger partial charge in [0.15, 0.2) is 0 Å². The maximum absolute atomic E-state index is 5.68. The van der Waals surface area contributed by atoms with Crippen LogP contribution in [0.3, 0.4) is 0 Å². The zero-order valence-electron chi connectivity index (χ0n) is 11.2. The molecule has 19 heavy (non-hydrogen) atoms. The summed E-state index contributed by atoms with van der Waals surface area (Å²) >= 11 is 3.56. The summed E-state index contributed by atoms with van der Waals surface area (Å²) in [5.41, 5.74) is 5.30. The summed E-state index contributed by atoms with van der Waals surface area (Å²) in [6.45, 7) is 2.08. The molecule has 0 radical (unpaired) electrons. The molecule has 0 amide bonds. The Morgan fingerprint density at radius 1 is 1.47 bits per heavy atom. The van der Waals surface area contributed by atoms with E-state index < -0.39 is 0 Å². The van der Waals surface area contributed by atoms with Gasteiger partial charge in [0.1, 0.15) is 5.82 Å². The van der Waals surface area contributed by atoms with Crippen molar-refractivity contribution in [2.24, 2.45) is 12.9 Å². The molecular formula is C14H19BrN4. The van der Waals surface area contributed by atoms with Gasteiger partial charge in [0.25, 0.3) is 0 Å². The van der Waals surface area contributed by atoms with Crippen LogP contribution in [0.4, 0.5) is 0 Å². The van der Waals surface area contributed by atoms with Crippen molar-refractivity contribution in [3.05, 3.63) is 52.0 Å². The molecule has 1 unspecified atom stereocenters. The summed E-state index contributed by atoms with van der Waals surface area (Å²) in [4.78, 5) is 4.33. The van der Waals surface area contributed by atoms with Crippen molar-refractivity contribution in [1.82, 2.24) is 15.0 Å². The van der Waals surface area contributed by atoms with Gasteiger partial charge in [0.05, 0.1) is 0 Å². The number of hydrazine groups is 1. The molecule has 0 fully saturated rings. The van der Waals surface area contributed by atoms with Crippen molar-refractivity contribution in [3.63, 3.8) is 0 Å². The third-order valence-electron chi connectivity index (χ3n) is 3.38. The first-order valence-electron chi connectivity index (χ1n) is 6.30. The van der Waals surface area contributed by atoms with Crippen LogP contribution in [0.5, 0.6) is 0 Å². The van der Waals surface area contributed by atoms with E-state index in [9.17, 15) is 0 Å². The number of aryl methyl sites for hydroxylation is 3. The normalized spacial score (nSPS) is 12.6. The number of aromatic nitrogens is 2. The molecule has 0 saturated carbocycles. The number of halogens is 1. The van der Waals surface area contributed by atoms with E-state index in [-0.39, 0.29) is 6.04 Å². The van der Waals surface area contributed by atoms with E-state index in [1.54, 1.807) is 0 Å². The molecule has 1 aromatic carbocycles. The Balaban J connectivity index is 2.07. The second-order valence-electron chi connectivity index (χ2n) is 4.72. The first kappa shape index (κ1) is 14.2. The molecule has 1 aromatic heterocycles. The molecule has 0 aliphatic rings. The molecule has 0 bridgehead atoms. The van der Waals surface area contributed by atoms with Crippen LogP contribution in [0.15, 0.2) is 35.1 Å². The Labute approximate surface area is 122 Å². The molecular weight excluding hydrogens is 304 g/mol. The highest BCUT2D eigenvalue weighted by atomic mass is 79.9. The van der Waals surface area contributed by atoms with Crippen molar-refractivity contribution >= 4 is 15.9 Å². The number of nitrogens with zero attached hydrogens (tertiary/aromatic N) is 2. The van der Waals surface area contributed by atoms with Gasteiger partial charge in [0.2, 0.25) is 0 Å². The van der Waals surface area contributed by atoms with Crippen LogP contribution in [0.25, 0.3) is 0 Å². The molecule has 3 N–H and O–H groups in total. The first-order valence-corrected chi connectivity index (χ1v) is 7.09. The van der Waals surface area contributed by atoms with E-state index in [2.05, 4.69) is 51.5 Å². The first-order chi connectivity index (χ1) is 9.11. The maximum atomic E-state index is 5.68. The molecule has 2 aromatic rings. The third-order valence-corrected chi connectivity index (χ3v) is 4.23. The van der Waals surface area contributed by atoms with Crippen molar-refractivity contribution in [1.29, 1.82) is 0 Å². The van der Waals surface area contributed by atoms with Gasteiger partial charge < -0.3 is 4.57 Å². The lowest BCUT2D eigenvalue weighted by Crippen LogP contribution is -2.28. The predicted molar refractivity (Wildman–Crippen MR) is 80.5 cm³/mol. The van der Waals surface area contributed by atoms with Crippen molar-refractivity contribution in [3.8, 4) is 0 Å². The van der Waals surface area contributed by atoms with E-state index in [1.807, 2.05) is 24.0 Å². The highest BCUT2D eigenvalue weighted by Gasteiger charge is 2.12. The second kappa shape index (κ2) is 6.32. The van der Waals surface area contributed by atoms with Gasteiger partial charge in [-0.25, -0.2) is 4.98 Å². The van der Waals surface area contributed by atoms with Gasteiger partial charge in [-0.15, -0.1) is 0 Å². The zero-order valence-corrected chi connectivity index (χ0v) is 12.8. The zero-order chi connectivity index (χ0) is 13.8. The molecule has 1 heterocycles. The van der Waals surface area contributed by atoms with Crippen LogP contribution >= 0.6 is 15.9 Å². The molecule has 1 atom stereocenters. The number of imidazole rings is 1. The fourth-order valence-electron chi connectivity index (χ4n) is 2.08. The van der Waals surface area contributed by atoms with Crippen LogP contribution in [-0.4, -0.2) is 9.55 Å². The minimum absolute atomic E-state index is 0.133. The monoisotopic (exact) mass is 322 g/mol. The molecule has 0 aliphatic heterocycles. The largest absolute Gasteiger partial charge is 0.338 e. The quantitative estimate of drug-likeness (QED) is 0.657. The lowest BCUT2D eigenvalue weighted by molar-refractivity contribution is 0.506. The molecule has 102 valence electrons. The van der Waals surface area contributed by atoms with Gasteiger partial charge >= 0.3 is 0 Å². The van der Waals surface area contributed by atoms with E-state index in [0.717, 1.165) is 23.1 Å². The van der Waals surface area contributed by atoms with E-state index in [1.165, 1.54) is 11.1 Å². The van der Waals surface area contributed by atoms with Crippen LogP contribution in [-0.2, 0) is 13.5 Å². The topological polar surface area (TPSA) is 55.9 Å². The van der Waals surface area contributed by atoms with Crippen molar-refractivity contribution in [2.45, 2.75) is 25.8 Å². The van der Waals surface area contributed by atoms with Gasteiger partial charge in [-0.05, 0) is 30.5 Å². The molecule has 0 aliphatic carbocycles. The van der Waals surface area contributed by atoms with E-state index >= 15 is 0 Å². The SMILES string of the molecule is Cc1ccc(C(CCc2nccn2C)NN)cc1Br. The summed E-state index contributed by atoms with van der Waals surface area (Å²) in [5, 5.41) is 0. The molecule has 5 heteroatoms. The van der Waals surface area contributed by atoms with Crippen LogP contribution in [0, 0.1) is 6.92 Å². The molecule has 0 saturated heterocycles. The third kappa shape index (κ3) is 3.43. The van der Waals surface area contributed by atoms with E-state index in [0.29, 0.717) is 0 Å². The number of nitrogens with two attached hydrogens (primary N) is 1. The lowest BCUT2D eigenvalue weighted by Gasteiger charge is -2.17. The number of hydrogen-bond donors (Lipinski definition) is 2. The van der Waals surface area contributed by atoms with Crippen LogP contribution in [0.1, 0.15) is 29.4 Å². The Bertz CT molecular complexity index is 550. The van der Waals surface area contributed by atoms with Crippen LogP contribution in [0.2, 0.25) is 0 Å². The van der Waals surface area contributed by atoms with Crippen molar-refractivity contribution in [2.75, 3.05) is 0 Å². The fraction of sp³-hybridized carbons (Fsp3) is 0.357. The predicted octanol–water partition coefficient (Wildman–Crippen LogP) is 2.63. The van der Waals surface area contributed by atoms with E-state index in [4.69, 9.17) is 5.84 Å². The minimum atomic E-state index is 0.133. The Morgan fingerprint density at radius 2 is 2.26 bits per heavy atom. The smallest absolute Gasteiger partial charge is 0.108 e. The minimum Gasteiger partial charge on any atom is -0.338 e. The molecule has 2 rings (SSSR count). The lowest BCUT2D eigenvalue weighted by atomic mass is 10.0. The standard InChI is InChI=1S/C14H19BrN4/c1-10-3-4-11(9-12(10)15)13(18-16)5-6-14-17-7-8-19(14)2/h3-4,7-9,13,18H,5-6,16H2,1-2H3. The number of rotatable bonds is 5. The van der Waals surface area contributed by atoms with Crippen molar-refractivity contribution < 1.29 is 0 Å². The number of benzene rings is 1. The average Bonchev–Trinajstić information content (AvgIpc) is 2.80. The Hall–Kier alpha value is -1.17. The average molecular weight is 323 g/mol. The summed E-state index contributed by atoms with van der Waals surface area (Å²) in [6, 6.07) is 6.47. The van der Waals surface area contributed by atoms with Gasteiger partial charge in [-0.1, -0.05) is 28.1 Å². The summed E-state index contributed by atoms with van der Waals surface area (Å²) in [6.07, 6.45) is 5.59. The Kier molecular flexibility index (Phi) is 4.74. The van der Waals surface area contributed by atoms with Crippen LogP contribution < -0.4 is 11.3 Å². The number of nitrogens with one attached hydrogen (secondary N) is 1. The Morgan fingerprint density at radius 3 is 2.84 bits per heavy atom. The summed E-state index contributed by atoms with van der Waals surface area (Å²) < 4.78 is 3.15. The number of hydrogen-bond acceptors (Lipinski definition) is 3. The summed E-state index contributed by atoms with van der Waals surface area (Å²) in [7, 11) is 2.01. The molecule has 4 nitrogen and oxygen atoms in total. The van der Waals surface area contributed by atoms with Gasteiger partial charge in [-0.2, -0.15) is 0 Å². The second-order valence-corrected chi connectivity index (χ2v) is 5.58. The summed E-state index contributed by atoms with van der Waals surface area (Å²) in [5.74, 6) is 6.75. The highest BCUT2D eigenvalue weighted by molar-refractivity contribution is 9.10. The molecule has 0 spiro atoms. The van der Waals surface area contributed by atoms with Gasteiger partial charge in [0, 0.05) is 36.4 Å². The highest BCUT2D eigenvalue weighted by Crippen LogP contribution is 2.24. The maximum Gasteiger partial charge on any atom is 0.108 e. The fourth-order valence-corrected chi connectivity index (χ4v) is 2.48.